The number of anilines is 1. The predicted octanol–water partition coefficient (Wildman–Crippen LogP) is 2.68. The van der Waals surface area contributed by atoms with E-state index in [-0.39, 0.29) is 18.2 Å². The van der Waals surface area contributed by atoms with E-state index in [9.17, 15) is 22.8 Å². The highest BCUT2D eigenvalue weighted by atomic mass is 19.4. The van der Waals surface area contributed by atoms with E-state index < -0.39 is 35.6 Å². The maximum atomic E-state index is 12.7. The normalized spacial score (nSPS) is 23.0. The summed E-state index contributed by atoms with van der Waals surface area (Å²) in [5.41, 5.74) is -0.780. The first-order valence-electron chi connectivity index (χ1n) is 7.54. The molecule has 0 aliphatic carbocycles. The fourth-order valence-corrected chi connectivity index (χ4v) is 2.83. The molecule has 0 saturated carbocycles. The molecule has 0 spiro atoms. The van der Waals surface area contributed by atoms with Crippen LogP contribution in [0.5, 0.6) is 0 Å². The van der Waals surface area contributed by atoms with Crippen LogP contribution in [0.4, 0.5) is 18.9 Å². The SMILES string of the molecule is CC(C(=O)Nc1cccc(C(F)(F)F)c1)N1C[C@@H](C)[C@H](C(=O)O)C1. The summed E-state index contributed by atoms with van der Waals surface area (Å²) in [4.78, 5) is 25.1. The molecular formula is C16H19F3N2O3. The van der Waals surface area contributed by atoms with Gasteiger partial charge in [-0.05, 0) is 31.0 Å². The molecule has 1 fully saturated rings. The minimum absolute atomic E-state index is 0.0590. The quantitative estimate of drug-likeness (QED) is 0.881. The minimum Gasteiger partial charge on any atom is -0.481 e. The molecule has 0 radical (unpaired) electrons. The number of hydrogen-bond donors (Lipinski definition) is 2. The number of carboxylic acid groups (broad SMARTS) is 1. The zero-order valence-electron chi connectivity index (χ0n) is 13.3. The summed E-state index contributed by atoms with van der Waals surface area (Å²) in [7, 11) is 0. The van der Waals surface area contributed by atoms with Crippen LogP contribution < -0.4 is 5.32 Å². The van der Waals surface area contributed by atoms with E-state index in [1.54, 1.807) is 18.7 Å². The Kier molecular flexibility index (Phi) is 5.17. The topological polar surface area (TPSA) is 69.6 Å². The van der Waals surface area contributed by atoms with E-state index >= 15 is 0 Å². The maximum absolute atomic E-state index is 12.7. The Morgan fingerprint density at radius 1 is 1.33 bits per heavy atom. The third kappa shape index (κ3) is 4.05. The molecule has 132 valence electrons. The van der Waals surface area contributed by atoms with E-state index in [0.29, 0.717) is 6.54 Å². The zero-order chi connectivity index (χ0) is 18.1. The molecule has 1 saturated heterocycles. The monoisotopic (exact) mass is 344 g/mol. The van der Waals surface area contributed by atoms with Crippen LogP contribution in [0.25, 0.3) is 0 Å². The largest absolute Gasteiger partial charge is 0.481 e. The number of likely N-dealkylation sites (tertiary alicyclic amines) is 1. The van der Waals surface area contributed by atoms with Gasteiger partial charge in [-0.25, -0.2) is 0 Å². The first-order chi connectivity index (χ1) is 11.1. The number of hydrogen-bond acceptors (Lipinski definition) is 3. The first kappa shape index (κ1) is 18.3. The lowest BCUT2D eigenvalue weighted by Crippen LogP contribution is -2.41. The molecule has 3 atom stereocenters. The summed E-state index contributed by atoms with van der Waals surface area (Å²) in [6, 6.07) is 3.77. The van der Waals surface area contributed by atoms with Crippen LogP contribution in [0.15, 0.2) is 24.3 Å². The number of benzene rings is 1. The zero-order valence-corrected chi connectivity index (χ0v) is 13.3. The van der Waals surface area contributed by atoms with Gasteiger partial charge in [0.1, 0.15) is 0 Å². The number of carbonyl (C=O) groups is 2. The van der Waals surface area contributed by atoms with Gasteiger partial charge in [0.2, 0.25) is 5.91 Å². The molecule has 24 heavy (non-hydrogen) atoms. The van der Waals surface area contributed by atoms with Gasteiger partial charge in [0.15, 0.2) is 0 Å². The van der Waals surface area contributed by atoms with Gasteiger partial charge in [0.05, 0.1) is 17.5 Å². The Morgan fingerprint density at radius 2 is 2.00 bits per heavy atom. The van der Waals surface area contributed by atoms with Crippen LogP contribution in [0.1, 0.15) is 19.4 Å². The summed E-state index contributed by atoms with van der Waals surface area (Å²) in [5, 5.41) is 11.6. The Bertz CT molecular complexity index is 633. The minimum atomic E-state index is -4.48. The lowest BCUT2D eigenvalue weighted by atomic mass is 9.99. The number of halogens is 3. The number of carbonyl (C=O) groups excluding carboxylic acids is 1. The smallest absolute Gasteiger partial charge is 0.416 e. The van der Waals surface area contributed by atoms with Crippen molar-refractivity contribution in [2.75, 3.05) is 18.4 Å². The van der Waals surface area contributed by atoms with E-state index in [1.807, 2.05) is 0 Å². The molecule has 1 aliphatic heterocycles. The number of alkyl halides is 3. The lowest BCUT2D eigenvalue weighted by molar-refractivity contribution is -0.142. The molecule has 1 amide bonds. The van der Waals surface area contributed by atoms with Crippen LogP contribution >= 0.6 is 0 Å². The molecule has 1 aliphatic rings. The fourth-order valence-electron chi connectivity index (χ4n) is 2.83. The number of rotatable bonds is 4. The molecule has 1 heterocycles. The number of aliphatic carboxylic acids is 1. The first-order valence-corrected chi connectivity index (χ1v) is 7.54. The van der Waals surface area contributed by atoms with Crippen LogP contribution in [0.2, 0.25) is 0 Å². The van der Waals surface area contributed by atoms with Gasteiger partial charge in [-0.15, -0.1) is 0 Å². The van der Waals surface area contributed by atoms with Crippen molar-refractivity contribution in [1.82, 2.24) is 4.90 Å². The Hall–Kier alpha value is -2.09. The molecule has 0 aromatic heterocycles. The summed E-state index contributed by atoms with van der Waals surface area (Å²) < 4.78 is 38.1. The lowest BCUT2D eigenvalue weighted by Gasteiger charge is -2.23. The summed E-state index contributed by atoms with van der Waals surface area (Å²) in [6.45, 7) is 4.11. The molecule has 8 heteroatoms. The second-order valence-electron chi connectivity index (χ2n) is 6.12. The van der Waals surface area contributed by atoms with Gasteiger partial charge in [-0.3, -0.25) is 14.5 Å². The molecule has 5 nitrogen and oxygen atoms in total. The van der Waals surface area contributed by atoms with E-state index in [4.69, 9.17) is 5.11 Å². The van der Waals surface area contributed by atoms with Gasteiger partial charge in [0, 0.05) is 18.8 Å². The van der Waals surface area contributed by atoms with Crippen LogP contribution in [0, 0.1) is 11.8 Å². The molecule has 0 bridgehead atoms. The summed E-state index contributed by atoms with van der Waals surface area (Å²) >= 11 is 0. The van der Waals surface area contributed by atoms with E-state index in [0.717, 1.165) is 12.1 Å². The Balaban J connectivity index is 2.04. The van der Waals surface area contributed by atoms with Crippen molar-refractivity contribution in [2.24, 2.45) is 11.8 Å². The molecule has 1 aromatic carbocycles. The van der Waals surface area contributed by atoms with Gasteiger partial charge in [-0.2, -0.15) is 13.2 Å². The number of carboxylic acids is 1. The van der Waals surface area contributed by atoms with Crippen molar-refractivity contribution in [1.29, 1.82) is 0 Å². The predicted molar refractivity (Wildman–Crippen MR) is 81.4 cm³/mol. The summed E-state index contributed by atoms with van der Waals surface area (Å²) in [6.07, 6.45) is -4.48. The van der Waals surface area contributed by atoms with E-state index in [1.165, 1.54) is 12.1 Å². The third-order valence-electron chi connectivity index (χ3n) is 4.34. The van der Waals surface area contributed by atoms with Gasteiger partial charge in [0.25, 0.3) is 0 Å². The van der Waals surface area contributed by atoms with Crippen LogP contribution in [-0.4, -0.2) is 41.0 Å². The van der Waals surface area contributed by atoms with Crippen molar-refractivity contribution in [2.45, 2.75) is 26.1 Å². The van der Waals surface area contributed by atoms with Crippen molar-refractivity contribution in [3.63, 3.8) is 0 Å². The van der Waals surface area contributed by atoms with Crippen molar-refractivity contribution in [3.05, 3.63) is 29.8 Å². The number of nitrogens with zero attached hydrogens (tertiary/aromatic N) is 1. The Morgan fingerprint density at radius 3 is 2.54 bits per heavy atom. The second kappa shape index (κ2) is 6.80. The van der Waals surface area contributed by atoms with Gasteiger partial charge < -0.3 is 10.4 Å². The standard InChI is InChI=1S/C16H19F3N2O3/c1-9-7-21(8-13(9)15(23)24)10(2)14(22)20-12-5-3-4-11(6-12)16(17,18)19/h3-6,9-10,13H,7-8H2,1-2H3,(H,20,22)(H,23,24)/t9-,10?,13-/m1/s1. The molecule has 2 rings (SSSR count). The number of nitrogens with one attached hydrogen (secondary N) is 1. The van der Waals surface area contributed by atoms with Crippen molar-refractivity contribution in [3.8, 4) is 0 Å². The molecule has 1 aromatic rings. The summed E-state index contributed by atoms with van der Waals surface area (Å²) in [5.74, 6) is -2.01. The molecular weight excluding hydrogens is 325 g/mol. The highest BCUT2D eigenvalue weighted by Crippen LogP contribution is 2.31. The fraction of sp³-hybridized carbons (Fsp3) is 0.500. The Labute approximate surface area is 137 Å². The van der Waals surface area contributed by atoms with E-state index in [2.05, 4.69) is 5.32 Å². The molecule has 1 unspecified atom stereocenters. The molecule has 2 N–H and O–H groups in total. The highest BCUT2D eigenvalue weighted by molar-refractivity contribution is 5.94. The third-order valence-corrected chi connectivity index (χ3v) is 4.34. The van der Waals surface area contributed by atoms with Gasteiger partial charge in [-0.1, -0.05) is 13.0 Å². The van der Waals surface area contributed by atoms with Crippen LogP contribution in [-0.2, 0) is 15.8 Å². The second-order valence-corrected chi connectivity index (χ2v) is 6.12. The highest BCUT2D eigenvalue weighted by Gasteiger charge is 2.38. The average Bonchev–Trinajstić information content (AvgIpc) is 2.88. The average molecular weight is 344 g/mol. The van der Waals surface area contributed by atoms with Gasteiger partial charge >= 0.3 is 12.1 Å². The maximum Gasteiger partial charge on any atom is 0.416 e. The van der Waals surface area contributed by atoms with Crippen LogP contribution in [0.3, 0.4) is 0 Å². The number of amides is 1. The van der Waals surface area contributed by atoms with Crippen molar-refractivity contribution < 1.29 is 27.9 Å². The van der Waals surface area contributed by atoms with Crippen molar-refractivity contribution >= 4 is 17.6 Å².